The molecule has 0 radical (unpaired) electrons. The fourth-order valence-electron chi connectivity index (χ4n) is 8.69. The van der Waals surface area contributed by atoms with E-state index in [-0.39, 0.29) is 5.41 Å². The molecule has 0 N–H and O–H groups in total. The van der Waals surface area contributed by atoms with E-state index < -0.39 is 0 Å². The first-order valence-corrected chi connectivity index (χ1v) is 17.6. The highest BCUT2D eigenvalue weighted by molar-refractivity contribution is 6.22. The van der Waals surface area contributed by atoms with Gasteiger partial charge in [-0.3, -0.25) is 4.57 Å². The van der Waals surface area contributed by atoms with Crippen LogP contribution in [0.25, 0.3) is 88.5 Å². The summed E-state index contributed by atoms with van der Waals surface area (Å²) in [5, 5.41) is 7.43. The molecule has 0 saturated carbocycles. The third-order valence-electron chi connectivity index (χ3n) is 11.1. The first-order chi connectivity index (χ1) is 25.1. The molecule has 0 spiro atoms. The number of para-hydroxylation sites is 2. The Morgan fingerprint density at radius 3 is 1.84 bits per heavy atom. The molecule has 0 atom stereocenters. The lowest BCUT2D eigenvalue weighted by atomic mass is 9.74. The summed E-state index contributed by atoms with van der Waals surface area (Å²) in [7, 11) is 0. The Morgan fingerprint density at radius 2 is 1.10 bits per heavy atom. The van der Waals surface area contributed by atoms with Crippen LogP contribution in [0.15, 0.2) is 158 Å². The van der Waals surface area contributed by atoms with Crippen LogP contribution >= 0.6 is 0 Å². The van der Waals surface area contributed by atoms with Crippen LogP contribution in [0.5, 0.6) is 0 Å². The average Bonchev–Trinajstić information content (AvgIpc) is 3.70. The third-order valence-corrected chi connectivity index (χ3v) is 11.1. The maximum Gasteiger partial charge on any atom is 0.235 e. The van der Waals surface area contributed by atoms with Gasteiger partial charge in [-0.1, -0.05) is 141 Å². The Hall–Kier alpha value is -6.52. The van der Waals surface area contributed by atoms with Crippen LogP contribution in [0.4, 0.5) is 0 Å². The predicted molar refractivity (Wildman–Crippen MR) is 211 cm³/mol. The predicted octanol–water partition coefficient (Wildman–Crippen LogP) is 11.8. The Morgan fingerprint density at radius 1 is 0.451 bits per heavy atom. The fraction of sp³-hybridized carbons (Fsp3) is 0.0638. The van der Waals surface area contributed by atoms with Gasteiger partial charge >= 0.3 is 0 Å². The molecule has 4 heterocycles. The largest absolute Gasteiger partial charge is 0.309 e. The topological polar surface area (TPSA) is 35.6 Å². The molecule has 4 nitrogen and oxygen atoms in total. The maximum absolute atomic E-state index is 5.35. The lowest BCUT2D eigenvalue weighted by molar-refractivity contribution is 0.631. The minimum Gasteiger partial charge on any atom is -0.309 e. The van der Waals surface area contributed by atoms with E-state index in [0.717, 1.165) is 33.5 Å². The van der Waals surface area contributed by atoms with Crippen LogP contribution in [0.1, 0.15) is 25.0 Å². The van der Waals surface area contributed by atoms with Crippen molar-refractivity contribution in [2.45, 2.75) is 19.3 Å². The first-order valence-electron chi connectivity index (χ1n) is 17.6. The molecule has 0 fully saturated rings. The molecule has 51 heavy (non-hydrogen) atoms. The summed E-state index contributed by atoms with van der Waals surface area (Å²) >= 11 is 0. The Kier molecular flexibility index (Phi) is 5.70. The van der Waals surface area contributed by atoms with E-state index in [2.05, 4.69) is 169 Å². The molecular formula is C47H32N4. The van der Waals surface area contributed by atoms with Crippen LogP contribution in [0.2, 0.25) is 0 Å². The molecule has 0 saturated heterocycles. The summed E-state index contributed by atoms with van der Waals surface area (Å²) < 4.78 is 4.80. The number of fused-ring (bicyclic) bond motifs is 10. The quantitative estimate of drug-likeness (QED) is 0.190. The highest BCUT2D eigenvalue weighted by Gasteiger charge is 2.36. The maximum atomic E-state index is 5.35. The summed E-state index contributed by atoms with van der Waals surface area (Å²) in [6.07, 6.45) is 0. The van der Waals surface area contributed by atoms with Gasteiger partial charge in [0.15, 0.2) is 0 Å². The van der Waals surface area contributed by atoms with Gasteiger partial charge in [-0.15, -0.1) is 0 Å². The second-order valence-corrected chi connectivity index (χ2v) is 14.3. The Balaban J connectivity index is 1.32. The van der Waals surface area contributed by atoms with Gasteiger partial charge < -0.3 is 4.57 Å². The van der Waals surface area contributed by atoms with Crippen LogP contribution in [0.3, 0.4) is 0 Å². The van der Waals surface area contributed by atoms with E-state index in [1.807, 2.05) is 12.1 Å². The van der Waals surface area contributed by atoms with Crippen molar-refractivity contribution in [3.63, 3.8) is 0 Å². The molecule has 7 aromatic carbocycles. The molecule has 240 valence electrons. The van der Waals surface area contributed by atoms with Gasteiger partial charge in [0.25, 0.3) is 0 Å². The summed E-state index contributed by atoms with van der Waals surface area (Å²) in [4.78, 5) is 10.7. The molecule has 3 aromatic heterocycles. The van der Waals surface area contributed by atoms with Gasteiger partial charge in [0.2, 0.25) is 5.95 Å². The van der Waals surface area contributed by atoms with E-state index in [0.29, 0.717) is 5.95 Å². The fourth-order valence-corrected chi connectivity index (χ4v) is 8.69. The number of rotatable bonds is 3. The van der Waals surface area contributed by atoms with E-state index in [9.17, 15) is 0 Å². The zero-order chi connectivity index (χ0) is 33.8. The smallest absolute Gasteiger partial charge is 0.235 e. The summed E-state index contributed by atoms with van der Waals surface area (Å²) in [5.41, 5.74) is 12.2. The Labute approximate surface area is 294 Å². The highest BCUT2D eigenvalue weighted by Crippen LogP contribution is 2.50. The van der Waals surface area contributed by atoms with Crippen molar-refractivity contribution in [1.29, 1.82) is 0 Å². The molecule has 10 aromatic rings. The van der Waals surface area contributed by atoms with Crippen molar-refractivity contribution >= 4 is 54.4 Å². The molecule has 0 bridgehead atoms. The SMILES string of the molecule is CC1(C)c2cc3c4c5ccccc5ccc4n(-c4nc(-c5ccccc5)cc(-c5ccccc5)n4)c3cc2-n2c3ccccc3c3cccc1c32. The molecule has 1 aliphatic heterocycles. The lowest BCUT2D eigenvalue weighted by Gasteiger charge is -2.35. The first kappa shape index (κ1) is 28.3. The van der Waals surface area contributed by atoms with E-state index in [4.69, 9.17) is 9.97 Å². The van der Waals surface area contributed by atoms with Crippen LogP contribution < -0.4 is 0 Å². The van der Waals surface area contributed by atoms with Gasteiger partial charge in [-0.05, 0) is 52.2 Å². The monoisotopic (exact) mass is 652 g/mol. The zero-order valence-electron chi connectivity index (χ0n) is 28.3. The summed E-state index contributed by atoms with van der Waals surface area (Å²) in [5.74, 6) is 0.656. The highest BCUT2D eigenvalue weighted by atomic mass is 15.2. The molecular weight excluding hydrogens is 621 g/mol. The van der Waals surface area contributed by atoms with Gasteiger partial charge in [-0.2, -0.15) is 0 Å². The van der Waals surface area contributed by atoms with Crippen molar-refractivity contribution < 1.29 is 0 Å². The average molecular weight is 653 g/mol. The number of benzene rings is 7. The second-order valence-electron chi connectivity index (χ2n) is 14.3. The van der Waals surface area contributed by atoms with Crippen molar-refractivity contribution in [3.8, 4) is 34.2 Å². The Bertz CT molecular complexity index is 2980. The van der Waals surface area contributed by atoms with Crippen molar-refractivity contribution in [3.05, 3.63) is 169 Å². The molecule has 11 rings (SSSR count). The summed E-state index contributed by atoms with van der Waals surface area (Å²) in [6, 6.07) is 56.7. The number of nitrogens with zero attached hydrogens (tertiary/aromatic N) is 4. The van der Waals surface area contributed by atoms with E-state index in [1.165, 1.54) is 60.2 Å². The van der Waals surface area contributed by atoms with Crippen molar-refractivity contribution in [2.24, 2.45) is 0 Å². The van der Waals surface area contributed by atoms with Gasteiger partial charge in [0, 0.05) is 38.1 Å². The molecule has 0 unspecified atom stereocenters. The zero-order valence-corrected chi connectivity index (χ0v) is 28.3. The second kappa shape index (κ2) is 10.3. The minimum absolute atomic E-state index is 0.226. The van der Waals surface area contributed by atoms with Gasteiger partial charge in [0.1, 0.15) is 0 Å². The third kappa shape index (κ3) is 3.90. The van der Waals surface area contributed by atoms with Crippen molar-refractivity contribution in [1.82, 2.24) is 19.1 Å². The number of hydrogen-bond donors (Lipinski definition) is 0. The minimum atomic E-state index is -0.226. The summed E-state index contributed by atoms with van der Waals surface area (Å²) in [6.45, 7) is 4.76. The molecule has 4 heteroatoms. The number of aromatic nitrogens is 4. The van der Waals surface area contributed by atoms with Crippen molar-refractivity contribution in [2.75, 3.05) is 0 Å². The van der Waals surface area contributed by atoms with Gasteiger partial charge in [0.05, 0.1) is 39.1 Å². The van der Waals surface area contributed by atoms with Crippen LogP contribution in [-0.4, -0.2) is 19.1 Å². The number of hydrogen-bond acceptors (Lipinski definition) is 2. The lowest BCUT2D eigenvalue weighted by Crippen LogP contribution is -2.26. The molecule has 0 aliphatic carbocycles. The standard InChI is InChI=1S/C47H32N4/c1-47(2)36-22-13-21-34-33-20-11-12-23-40(33)50(45(34)36)43-28-42-35(26-37(43)47)44-32-19-10-9-14-29(32)24-25-41(44)51(42)46-48-38(30-15-5-3-6-16-30)27-39(49-46)31-17-7-4-8-18-31/h3-28H,1-2H3. The van der Waals surface area contributed by atoms with Crippen LogP contribution in [-0.2, 0) is 5.41 Å². The molecule has 0 amide bonds. The van der Waals surface area contributed by atoms with Gasteiger partial charge in [-0.25, -0.2) is 9.97 Å². The van der Waals surface area contributed by atoms with E-state index in [1.54, 1.807) is 0 Å². The van der Waals surface area contributed by atoms with Crippen LogP contribution in [0, 0.1) is 0 Å². The normalized spacial score (nSPS) is 13.5. The molecule has 1 aliphatic rings. The van der Waals surface area contributed by atoms with E-state index >= 15 is 0 Å².